The van der Waals surface area contributed by atoms with Crippen LogP contribution in [0, 0.1) is 0 Å². The van der Waals surface area contributed by atoms with E-state index in [0.717, 1.165) is 10.6 Å². The zero-order valence-electron chi connectivity index (χ0n) is 15.8. The lowest BCUT2D eigenvalue weighted by molar-refractivity contribution is -0.120. The Morgan fingerprint density at radius 1 is 1.10 bits per heavy atom. The van der Waals surface area contributed by atoms with Gasteiger partial charge in [0.05, 0.1) is 14.2 Å². The predicted molar refractivity (Wildman–Crippen MR) is 110 cm³/mol. The molecule has 0 saturated carbocycles. The average Bonchev–Trinajstić information content (AvgIpc) is 3.26. The molecule has 0 aliphatic carbocycles. The summed E-state index contributed by atoms with van der Waals surface area (Å²) in [6, 6.07) is 10.4. The highest BCUT2D eigenvalue weighted by Gasteiger charge is 2.18. The van der Waals surface area contributed by atoms with E-state index in [1.54, 1.807) is 29.7 Å². The van der Waals surface area contributed by atoms with Crippen LogP contribution in [-0.4, -0.2) is 37.6 Å². The zero-order chi connectivity index (χ0) is 20.8. The average molecular weight is 413 g/mol. The standard InChI is InChI=1S/C20H19N3O5S/c1-26-15-9-13(10-16(27-2)18(15)28-11-17(21)24)19(25)23-14-5-3-12(4-6-14)20-22-7-8-29-20/h3-10H,11H2,1-2H3,(H2,21,24)(H,23,25). The van der Waals surface area contributed by atoms with Crippen LogP contribution in [0.4, 0.5) is 5.69 Å². The van der Waals surface area contributed by atoms with E-state index in [4.69, 9.17) is 19.9 Å². The van der Waals surface area contributed by atoms with Gasteiger partial charge in [0, 0.05) is 28.4 Å². The minimum atomic E-state index is -0.642. The van der Waals surface area contributed by atoms with Gasteiger partial charge >= 0.3 is 0 Å². The van der Waals surface area contributed by atoms with Crippen molar-refractivity contribution in [2.75, 3.05) is 26.1 Å². The first-order valence-corrected chi connectivity index (χ1v) is 9.38. The van der Waals surface area contributed by atoms with Crippen LogP contribution in [-0.2, 0) is 4.79 Å². The molecular formula is C20H19N3O5S. The van der Waals surface area contributed by atoms with E-state index in [1.807, 2.05) is 17.5 Å². The molecule has 2 aromatic carbocycles. The molecular weight excluding hydrogens is 394 g/mol. The molecule has 0 aliphatic heterocycles. The van der Waals surface area contributed by atoms with E-state index in [1.165, 1.54) is 26.4 Å². The number of primary amides is 1. The highest BCUT2D eigenvalue weighted by Crippen LogP contribution is 2.38. The van der Waals surface area contributed by atoms with Crippen molar-refractivity contribution in [1.82, 2.24) is 4.98 Å². The van der Waals surface area contributed by atoms with Gasteiger partial charge in [0.25, 0.3) is 11.8 Å². The number of methoxy groups -OCH3 is 2. The van der Waals surface area contributed by atoms with Crippen molar-refractivity contribution in [1.29, 1.82) is 0 Å². The number of ether oxygens (including phenoxy) is 3. The number of rotatable bonds is 8. The number of thiazole rings is 1. The fourth-order valence-electron chi connectivity index (χ4n) is 2.56. The quantitative estimate of drug-likeness (QED) is 0.587. The number of aromatic nitrogens is 1. The van der Waals surface area contributed by atoms with E-state index >= 15 is 0 Å². The predicted octanol–water partition coefficient (Wildman–Crippen LogP) is 2.94. The van der Waals surface area contributed by atoms with Crippen molar-refractivity contribution >= 4 is 28.8 Å². The number of carbonyl (C=O) groups is 2. The van der Waals surface area contributed by atoms with Gasteiger partial charge in [-0.15, -0.1) is 11.3 Å². The van der Waals surface area contributed by atoms with Gasteiger partial charge in [-0.3, -0.25) is 9.59 Å². The molecule has 0 saturated heterocycles. The van der Waals surface area contributed by atoms with Crippen LogP contribution in [0.25, 0.3) is 10.6 Å². The highest BCUT2D eigenvalue weighted by atomic mass is 32.1. The highest BCUT2D eigenvalue weighted by molar-refractivity contribution is 7.13. The second-order valence-electron chi connectivity index (χ2n) is 5.83. The largest absolute Gasteiger partial charge is 0.493 e. The van der Waals surface area contributed by atoms with Crippen molar-refractivity contribution in [2.45, 2.75) is 0 Å². The molecule has 150 valence electrons. The van der Waals surface area contributed by atoms with Crippen molar-refractivity contribution in [3.8, 4) is 27.8 Å². The molecule has 9 heteroatoms. The minimum Gasteiger partial charge on any atom is -0.493 e. The summed E-state index contributed by atoms with van der Waals surface area (Å²) in [5.74, 6) is -0.315. The van der Waals surface area contributed by atoms with Crippen LogP contribution >= 0.6 is 11.3 Å². The van der Waals surface area contributed by atoms with E-state index in [2.05, 4.69) is 10.3 Å². The molecule has 2 amide bonds. The van der Waals surface area contributed by atoms with Gasteiger partial charge in [0.1, 0.15) is 5.01 Å². The van der Waals surface area contributed by atoms with E-state index < -0.39 is 5.91 Å². The van der Waals surface area contributed by atoms with Crippen LogP contribution in [0.15, 0.2) is 48.0 Å². The molecule has 0 fully saturated rings. The summed E-state index contributed by atoms with van der Waals surface area (Å²) < 4.78 is 15.9. The Morgan fingerprint density at radius 2 is 1.76 bits per heavy atom. The second-order valence-corrected chi connectivity index (χ2v) is 6.73. The Labute approximate surface area is 171 Å². The summed E-state index contributed by atoms with van der Waals surface area (Å²) in [6.45, 7) is -0.344. The number of carbonyl (C=O) groups excluding carboxylic acids is 2. The lowest BCUT2D eigenvalue weighted by Gasteiger charge is -2.15. The first-order chi connectivity index (χ1) is 14.0. The van der Waals surface area contributed by atoms with E-state index in [0.29, 0.717) is 11.3 Å². The second kappa shape index (κ2) is 9.07. The zero-order valence-corrected chi connectivity index (χ0v) is 16.6. The molecule has 0 radical (unpaired) electrons. The molecule has 0 unspecified atom stereocenters. The smallest absolute Gasteiger partial charge is 0.255 e. The SMILES string of the molecule is COc1cc(C(=O)Nc2ccc(-c3nccs3)cc2)cc(OC)c1OCC(N)=O. The van der Waals surface area contributed by atoms with Crippen molar-refractivity contribution in [2.24, 2.45) is 5.73 Å². The molecule has 0 spiro atoms. The number of amides is 2. The summed E-state index contributed by atoms with van der Waals surface area (Å²) in [6.07, 6.45) is 1.74. The van der Waals surface area contributed by atoms with Crippen LogP contribution < -0.4 is 25.3 Å². The molecule has 0 atom stereocenters. The Morgan fingerprint density at radius 3 is 2.28 bits per heavy atom. The Bertz CT molecular complexity index is 978. The maximum absolute atomic E-state index is 12.7. The van der Waals surface area contributed by atoms with E-state index in [-0.39, 0.29) is 29.8 Å². The maximum Gasteiger partial charge on any atom is 0.255 e. The molecule has 1 aromatic heterocycles. The maximum atomic E-state index is 12.7. The first-order valence-electron chi connectivity index (χ1n) is 8.50. The van der Waals surface area contributed by atoms with Crippen LogP contribution in [0.3, 0.4) is 0 Å². The monoisotopic (exact) mass is 413 g/mol. The summed E-state index contributed by atoms with van der Waals surface area (Å²) in [5.41, 5.74) is 7.01. The van der Waals surface area contributed by atoms with Crippen LogP contribution in [0.1, 0.15) is 10.4 Å². The van der Waals surface area contributed by atoms with E-state index in [9.17, 15) is 9.59 Å². The fraction of sp³-hybridized carbons (Fsp3) is 0.150. The van der Waals surface area contributed by atoms with Crippen molar-refractivity contribution in [3.05, 3.63) is 53.5 Å². The fourth-order valence-corrected chi connectivity index (χ4v) is 3.21. The lowest BCUT2D eigenvalue weighted by atomic mass is 10.1. The van der Waals surface area contributed by atoms with Gasteiger partial charge in [-0.2, -0.15) is 0 Å². The lowest BCUT2D eigenvalue weighted by Crippen LogP contribution is -2.20. The number of nitrogens with one attached hydrogen (secondary N) is 1. The number of hydrogen-bond acceptors (Lipinski definition) is 7. The van der Waals surface area contributed by atoms with Gasteiger partial charge in [-0.05, 0) is 36.4 Å². The normalized spacial score (nSPS) is 10.3. The van der Waals surface area contributed by atoms with Crippen molar-refractivity contribution < 1.29 is 23.8 Å². The number of anilines is 1. The van der Waals surface area contributed by atoms with Gasteiger partial charge in [-0.1, -0.05) is 0 Å². The molecule has 1 heterocycles. The summed E-state index contributed by atoms with van der Waals surface area (Å²) in [5, 5.41) is 5.63. The molecule has 0 bridgehead atoms. The van der Waals surface area contributed by atoms with Crippen molar-refractivity contribution in [3.63, 3.8) is 0 Å². The third-order valence-corrected chi connectivity index (χ3v) is 4.73. The Balaban J connectivity index is 1.80. The number of nitrogens with two attached hydrogens (primary N) is 1. The summed E-state index contributed by atoms with van der Waals surface area (Å²) >= 11 is 1.54. The summed E-state index contributed by atoms with van der Waals surface area (Å²) in [4.78, 5) is 28.0. The number of nitrogens with zero attached hydrogens (tertiary/aromatic N) is 1. The Kier molecular flexibility index (Phi) is 6.30. The number of benzene rings is 2. The summed E-state index contributed by atoms with van der Waals surface area (Å²) in [7, 11) is 2.84. The topological polar surface area (TPSA) is 113 Å². The van der Waals surface area contributed by atoms with Gasteiger partial charge in [0.15, 0.2) is 18.1 Å². The Hall–Kier alpha value is -3.59. The van der Waals surface area contributed by atoms with Gasteiger partial charge < -0.3 is 25.3 Å². The molecule has 3 aromatic rings. The molecule has 8 nitrogen and oxygen atoms in total. The minimum absolute atomic E-state index is 0.193. The first kappa shape index (κ1) is 20.2. The van der Waals surface area contributed by atoms with Gasteiger partial charge in [0.2, 0.25) is 5.75 Å². The molecule has 3 rings (SSSR count). The molecule has 0 aliphatic rings. The van der Waals surface area contributed by atoms with Gasteiger partial charge in [-0.25, -0.2) is 4.98 Å². The third kappa shape index (κ3) is 4.82. The molecule has 29 heavy (non-hydrogen) atoms. The van der Waals surface area contributed by atoms with Crippen LogP contribution in [0.5, 0.6) is 17.2 Å². The van der Waals surface area contributed by atoms with Crippen LogP contribution in [0.2, 0.25) is 0 Å². The number of hydrogen-bond donors (Lipinski definition) is 2. The third-order valence-electron chi connectivity index (χ3n) is 3.90. The molecule has 3 N–H and O–H groups in total.